The number of allylic oxidation sites excluding steroid dienone is 2. The van der Waals surface area contributed by atoms with E-state index in [2.05, 4.69) is 37.9 Å². The number of ether oxygens (including phenoxy) is 2. The molecule has 0 aliphatic carbocycles. The van der Waals surface area contributed by atoms with E-state index in [1.165, 1.54) is 0 Å². The second kappa shape index (κ2) is 10.3. The van der Waals surface area contributed by atoms with E-state index in [-0.39, 0.29) is 17.2 Å². The third-order valence-corrected chi connectivity index (χ3v) is 6.42. The van der Waals surface area contributed by atoms with E-state index in [4.69, 9.17) is 15.2 Å². The SMILES string of the molecule is CCOc1c(Br)cc(Br)cc1[C@H]1C(C#N)=C(N)OC(c2ccccc2)=C1C(=O)c1ccccc1. The fourth-order valence-corrected chi connectivity index (χ4v) is 5.32. The van der Waals surface area contributed by atoms with Crippen molar-refractivity contribution in [2.24, 2.45) is 5.73 Å². The number of nitriles is 1. The van der Waals surface area contributed by atoms with Gasteiger partial charge in [0.25, 0.3) is 0 Å². The second-order valence-electron chi connectivity index (χ2n) is 7.47. The molecule has 1 aliphatic rings. The summed E-state index contributed by atoms with van der Waals surface area (Å²) in [7, 11) is 0. The maximum atomic E-state index is 14.0. The van der Waals surface area contributed by atoms with Crippen LogP contribution in [-0.4, -0.2) is 12.4 Å². The highest BCUT2D eigenvalue weighted by Crippen LogP contribution is 2.48. The first-order valence-electron chi connectivity index (χ1n) is 10.5. The van der Waals surface area contributed by atoms with Gasteiger partial charge in [0.2, 0.25) is 5.88 Å². The van der Waals surface area contributed by atoms with Crippen molar-refractivity contribution in [1.29, 1.82) is 5.26 Å². The predicted molar refractivity (Wildman–Crippen MR) is 138 cm³/mol. The van der Waals surface area contributed by atoms with Gasteiger partial charge in [0.15, 0.2) is 5.78 Å². The molecular formula is C27H20Br2N2O3. The number of carbonyl (C=O) groups is 1. The summed E-state index contributed by atoms with van der Waals surface area (Å²) in [5.74, 6) is -0.270. The van der Waals surface area contributed by atoms with Gasteiger partial charge in [-0.15, -0.1) is 0 Å². The van der Waals surface area contributed by atoms with Crippen molar-refractivity contribution in [2.75, 3.05) is 6.61 Å². The van der Waals surface area contributed by atoms with Crippen LogP contribution in [0.15, 0.2) is 98.8 Å². The van der Waals surface area contributed by atoms with Gasteiger partial charge in [0.1, 0.15) is 23.2 Å². The minimum Gasteiger partial charge on any atom is -0.492 e. The topological polar surface area (TPSA) is 85.3 Å². The van der Waals surface area contributed by atoms with Crippen molar-refractivity contribution >= 4 is 43.4 Å². The number of ketones is 1. The third kappa shape index (κ3) is 4.52. The summed E-state index contributed by atoms with van der Waals surface area (Å²) < 4.78 is 13.4. The Hall–Kier alpha value is -3.34. The van der Waals surface area contributed by atoms with Crippen LogP contribution in [0.2, 0.25) is 0 Å². The predicted octanol–water partition coefficient (Wildman–Crippen LogP) is 6.71. The fraction of sp³-hybridized carbons (Fsp3) is 0.111. The highest BCUT2D eigenvalue weighted by molar-refractivity contribution is 9.11. The molecule has 0 amide bonds. The van der Waals surface area contributed by atoms with Crippen molar-refractivity contribution in [3.8, 4) is 11.8 Å². The Balaban J connectivity index is 2.08. The van der Waals surface area contributed by atoms with Crippen molar-refractivity contribution in [2.45, 2.75) is 12.8 Å². The molecule has 7 heteroatoms. The average molecular weight is 580 g/mol. The Bertz CT molecular complexity index is 1340. The standard InChI is InChI=1S/C27H20Br2N2O3/c1-2-33-26-19(13-18(28)14-21(26)29)22-20(15-30)27(31)34-25(17-11-7-4-8-12-17)23(22)24(32)16-9-5-3-6-10-16/h3-14,22H,2,31H2,1H3/t22-/m0/s1. The number of benzene rings is 3. The van der Waals surface area contributed by atoms with E-state index in [9.17, 15) is 10.1 Å². The van der Waals surface area contributed by atoms with E-state index >= 15 is 0 Å². The molecule has 3 aromatic rings. The number of halogens is 2. The van der Waals surface area contributed by atoms with Gasteiger partial charge in [0, 0.05) is 21.2 Å². The lowest BCUT2D eigenvalue weighted by Crippen LogP contribution is -2.25. The van der Waals surface area contributed by atoms with Crippen LogP contribution in [-0.2, 0) is 4.74 Å². The van der Waals surface area contributed by atoms with Crippen LogP contribution >= 0.6 is 31.9 Å². The van der Waals surface area contributed by atoms with Gasteiger partial charge in [-0.25, -0.2) is 0 Å². The fourth-order valence-electron chi connectivity index (χ4n) is 3.94. The number of hydrogen-bond acceptors (Lipinski definition) is 5. The van der Waals surface area contributed by atoms with Crippen molar-refractivity contribution < 1.29 is 14.3 Å². The monoisotopic (exact) mass is 578 g/mol. The Morgan fingerprint density at radius 2 is 1.74 bits per heavy atom. The first kappa shape index (κ1) is 23.8. The highest BCUT2D eigenvalue weighted by atomic mass is 79.9. The largest absolute Gasteiger partial charge is 0.492 e. The van der Waals surface area contributed by atoms with Gasteiger partial charge in [0.05, 0.1) is 22.6 Å². The lowest BCUT2D eigenvalue weighted by molar-refractivity contribution is 0.102. The Morgan fingerprint density at radius 1 is 1.09 bits per heavy atom. The molecule has 0 spiro atoms. The highest BCUT2D eigenvalue weighted by Gasteiger charge is 2.39. The molecule has 4 rings (SSSR count). The maximum Gasteiger partial charge on any atom is 0.205 e. The molecule has 0 saturated carbocycles. The molecule has 1 heterocycles. The van der Waals surface area contributed by atoms with Crippen LogP contribution in [0.25, 0.3) is 5.76 Å². The molecule has 1 atom stereocenters. The van der Waals surface area contributed by atoms with Crippen molar-refractivity contribution in [1.82, 2.24) is 0 Å². The van der Waals surface area contributed by atoms with Gasteiger partial charge in [-0.2, -0.15) is 5.26 Å². The number of rotatable bonds is 6. The summed E-state index contributed by atoms with van der Waals surface area (Å²) in [6.07, 6.45) is 0. The average Bonchev–Trinajstić information content (AvgIpc) is 2.85. The normalized spacial score (nSPS) is 15.5. The van der Waals surface area contributed by atoms with E-state index in [0.717, 1.165) is 4.47 Å². The molecule has 5 nitrogen and oxygen atoms in total. The number of hydrogen-bond donors (Lipinski definition) is 1. The number of nitrogens with two attached hydrogens (primary N) is 1. The number of nitrogens with zero attached hydrogens (tertiary/aromatic N) is 1. The van der Waals surface area contributed by atoms with Gasteiger partial charge in [-0.05, 0) is 35.0 Å². The summed E-state index contributed by atoms with van der Waals surface area (Å²) in [5.41, 5.74) is 8.51. The zero-order valence-electron chi connectivity index (χ0n) is 18.2. The van der Waals surface area contributed by atoms with Crippen molar-refractivity contribution in [3.63, 3.8) is 0 Å². The lowest BCUT2D eigenvalue weighted by atomic mass is 9.78. The first-order chi connectivity index (χ1) is 16.5. The minimum absolute atomic E-state index is 0.0467. The first-order valence-corrected chi connectivity index (χ1v) is 12.1. The molecule has 0 unspecified atom stereocenters. The van der Waals surface area contributed by atoms with Crippen molar-refractivity contribution in [3.05, 3.63) is 115 Å². The van der Waals surface area contributed by atoms with Crippen LogP contribution in [0.1, 0.15) is 34.3 Å². The van der Waals surface area contributed by atoms with E-state index in [1.807, 2.05) is 55.5 Å². The molecule has 0 aromatic heterocycles. The van der Waals surface area contributed by atoms with Crippen LogP contribution < -0.4 is 10.5 Å². The summed E-state index contributed by atoms with van der Waals surface area (Å²) in [6, 6.07) is 24.1. The summed E-state index contributed by atoms with van der Waals surface area (Å²) >= 11 is 7.10. The Labute approximate surface area is 214 Å². The molecule has 0 saturated heterocycles. The van der Waals surface area contributed by atoms with Gasteiger partial charge < -0.3 is 15.2 Å². The molecule has 34 heavy (non-hydrogen) atoms. The van der Waals surface area contributed by atoms with Crippen LogP contribution in [0.5, 0.6) is 5.75 Å². The smallest absolute Gasteiger partial charge is 0.205 e. The molecule has 2 N–H and O–H groups in total. The molecule has 1 aliphatic heterocycles. The lowest BCUT2D eigenvalue weighted by Gasteiger charge is -2.30. The van der Waals surface area contributed by atoms with Crippen LogP contribution in [0.3, 0.4) is 0 Å². The third-order valence-electron chi connectivity index (χ3n) is 5.37. The summed E-state index contributed by atoms with van der Waals surface area (Å²) in [6.45, 7) is 2.27. The van der Waals surface area contributed by atoms with Gasteiger partial charge >= 0.3 is 0 Å². The van der Waals surface area contributed by atoms with Crippen LogP contribution in [0.4, 0.5) is 0 Å². The zero-order chi connectivity index (χ0) is 24.2. The van der Waals surface area contributed by atoms with E-state index in [1.54, 1.807) is 24.3 Å². The molecule has 0 bridgehead atoms. The van der Waals surface area contributed by atoms with E-state index in [0.29, 0.717) is 44.9 Å². The minimum atomic E-state index is -0.808. The van der Waals surface area contributed by atoms with E-state index < -0.39 is 5.92 Å². The molecule has 0 fully saturated rings. The number of Topliss-reactive ketones (excluding diaryl/α,β-unsaturated/α-hetero) is 1. The summed E-state index contributed by atoms with van der Waals surface area (Å²) in [4.78, 5) is 14.0. The molecule has 0 radical (unpaired) electrons. The molecule has 170 valence electrons. The maximum absolute atomic E-state index is 14.0. The van der Waals surface area contributed by atoms with Gasteiger partial charge in [-0.3, -0.25) is 4.79 Å². The second-order valence-corrected chi connectivity index (χ2v) is 9.24. The van der Waals surface area contributed by atoms with Gasteiger partial charge in [-0.1, -0.05) is 76.6 Å². The number of carbonyl (C=O) groups excluding carboxylic acids is 1. The van der Waals surface area contributed by atoms with Crippen LogP contribution in [0, 0.1) is 11.3 Å². The quantitative estimate of drug-likeness (QED) is 0.328. The molecule has 3 aromatic carbocycles. The zero-order valence-corrected chi connectivity index (χ0v) is 21.4. The Kier molecular flexibility index (Phi) is 7.20. The molecular weight excluding hydrogens is 560 g/mol. The Morgan fingerprint density at radius 3 is 2.35 bits per heavy atom. The summed E-state index contributed by atoms with van der Waals surface area (Å²) in [5, 5.41) is 10.1.